The van der Waals surface area contributed by atoms with E-state index in [-0.39, 0.29) is 18.1 Å². The van der Waals surface area contributed by atoms with E-state index in [9.17, 15) is 14.9 Å². The Labute approximate surface area is 282 Å². The summed E-state index contributed by atoms with van der Waals surface area (Å²) in [5, 5.41) is 26.0. The first-order chi connectivity index (χ1) is 24.3. The number of pyridine rings is 1. The summed E-state index contributed by atoms with van der Waals surface area (Å²) in [6.45, 7) is -0.0698. The van der Waals surface area contributed by atoms with Crippen molar-refractivity contribution in [3.05, 3.63) is 95.3 Å². The van der Waals surface area contributed by atoms with Crippen molar-refractivity contribution in [2.24, 2.45) is 0 Å². The predicted octanol–water partition coefficient (Wildman–Crippen LogP) is 5.78. The van der Waals surface area contributed by atoms with Gasteiger partial charge in [-0.05, 0) is 48.0 Å². The zero-order valence-electron chi connectivity index (χ0n) is 26.8. The lowest BCUT2D eigenvalue weighted by Gasteiger charge is -2.13. The van der Waals surface area contributed by atoms with Gasteiger partial charge in [-0.1, -0.05) is 22.5 Å². The quantitative estimate of drug-likeness (QED) is 0.124. The van der Waals surface area contributed by atoms with Crippen molar-refractivity contribution in [3.8, 4) is 62.5 Å². The summed E-state index contributed by atoms with van der Waals surface area (Å²) in [6, 6.07) is 20.5. The van der Waals surface area contributed by atoms with Crippen molar-refractivity contribution in [2.45, 2.75) is 6.54 Å². The van der Waals surface area contributed by atoms with Crippen molar-refractivity contribution in [1.29, 1.82) is 0 Å². The summed E-state index contributed by atoms with van der Waals surface area (Å²) in [6.07, 6.45) is 3.32. The summed E-state index contributed by atoms with van der Waals surface area (Å²) in [5.74, 6) is 2.04. The van der Waals surface area contributed by atoms with Gasteiger partial charge < -0.3 is 29.0 Å². The maximum atomic E-state index is 12.7. The van der Waals surface area contributed by atoms with Gasteiger partial charge in [-0.15, -0.1) is 5.10 Å². The molecule has 7 aromatic rings. The first-order valence-corrected chi connectivity index (χ1v) is 15.0. The molecule has 0 bridgehead atoms. The molecule has 0 saturated carbocycles. The number of nitrogens with zero attached hydrogens (tertiary/aromatic N) is 7. The Kier molecular flexibility index (Phi) is 8.31. The third-order valence-electron chi connectivity index (χ3n) is 7.76. The number of H-pyrrole nitrogens is 1. The molecule has 4 heterocycles. The molecule has 4 aromatic heterocycles. The molecular formula is C34H27N9O7. The number of rotatable bonds is 11. The fourth-order valence-corrected chi connectivity index (χ4v) is 5.28. The van der Waals surface area contributed by atoms with Gasteiger partial charge in [-0.25, -0.2) is 14.6 Å². The minimum atomic E-state index is -0.473. The van der Waals surface area contributed by atoms with E-state index in [1.165, 1.54) is 23.9 Å². The fourth-order valence-electron chi connectivity index (χ4n) is 5.28. The number of amides is 1. The molecule has 0 unspecified atom stereocenters. The number of nitrogens with one attached hydrogen (secondary N) is 2. The van der Waals surface area contributed by atoms with Gasteiger partial charge in [0, 0.05) is 46.8 Å². The lowest BCUT2D eigenvalue weighted by Crippen LogP contribution is -2.19. The van der Waals surface area contributed by atoms with Crippen LogP contribution < -0.4 is 19.5 Å². The average molecular weight is 674 g/mol. The fraction of sp³-hybridized carbons (Fsp3) is 0.118. The molecule has 250 valence electrons. The standard InChI is InChI=1S/C34H27N9O7/c1-47-28-13-21(14-29(48-2)32(28)49-3)25-15-30(50-40-25)34-37-26-12-22(16-35-33(26)38-34)19-4-8-23(9-5-19)36-31(44)18-42-17-27(39-41-42)20-6-10-24(11-7-20)43(45)46/h4-17H,18H2,1-3H3,(H,36,44)(H,35,37,38). The van der Waals surface area contributed by atoms with Crippen LogP contribution >= 0.6 is 0 Å². The van der Waals surface area contributed by atoms with Crippen molar-refractivity contribution >= 4 is 28.4 Å². The van der Waals surface area contributed by atoms with Crippen LogP contribution in [-0.4, -0.2) is 67.3 Å². The van der Waals surface area contributed by atoms with Gasteiger partial charge in [0.05, 0.1) is 38.0 Å². The second-order valence-corrected chi connectivity index (χ2v) is 10.9. The number of aromatic amines is 1. The Bertz CT molecular complexity index is 2320. The molecular weight excluding hydrogens is 646 g/mol. The van der Waals surface area contributed by atoms with Gasteiger partial charge >= 0.3 is 0 Å². The molecule has 0 aliphatic heterocycles. The highest BCUT2D eigenvalue weighted by Crippen LogP contribution is 2.41. The number of hydrogen-bond acceptors (Lipinski definition) is 12. The average Bonchev–Trinajstić information content (AvgIpc) is 3.91. The summed E-state index contributed by atoms with van der Waals surface area (Å²) >= 11 is 0. The smallest absolute Gasteiger partial charge is 0.269 e. The molecule has 16 heteroatoms. The largest absolute Gasteiger partial charge is 0.493 e. The van der Waals surface area contributed by atoms with Crippen LogP contribution in [0, 0.1) is 10.1 Å². The van der Waals surface area contributed by atoms with Crippen LogP contribution in [0.4, 0.5) is 11.4 Å². The van der Waals surface area contributed by atoms with Crippen LogP contribution in [0.1, 0.15) is 0 Å². The van der Waals surface area contributed by atoms with Crippen molar-refractivity contribution in [2.75, 3.05) is 26.6 Å². The molecule has 0 fully saturated rings. The van der Waals surface area contributed by atoms with Crippen LogP contribution in [-0.2, 0) is 11.3 Å². The number of anilines is 1. The lowest BCUT2D eigenvalue weighted by atomic mass is 10.1. The van der Waals surface area contributed by atoms with E-state index in [0.717, 1.165) is 11.1 Å². The Morgan fingerprint density at radius 1 is 0.900 bits per heavy atom. The third-order valence-corrected chi connectivity index (χ3v) is 7.76. The van der Waals surface area contributed by atoms with Crippen molar-refractivity contribution in [3.63, 3.8) is 0 Å². The van der Waals surface area contributed by atoms with E-state index in [2.05, 4.69) is 35.7 Å². The first-order valence-electron chi connectivity index (χ1n) is 15.0. The first kappa shape index (κ1) is 31.5. The minimum Gasteiger partial charge on any atom is -0.493 e. The highest BCUT2D eigenvalue weighted by molar-refractivity contribution is 5.91. The molecule has 1 amide bonds. The zero-order valence-corrected chi connectivity index (χ0v) is 26.8. The minimum absolute atomic E-state index is 0.0221. The lowest BCUT2D eigenvalue weighted by molar-refractivity contribution is -0.384. The van der Waals surface area contributed by atoms with Gasteiger partial charge in [0.25, 0.3) is 5.69 Å². The van der Waals surface area contributed by atoms with E-state index in [0.29, 0.717) is 68.2 Å². The summed E-state index contributed by atoms with van der Waals surface area (Å²) in [5.41, 5.74) is 5.89. The molecule has 16 nitrogen and oxygen atoms in total. The van der Waals surface area contributed by atoms with E-state index < -0.39 is 4.92 Å². The van der Waals surface area contributed by atoms with E-state index in [4.69, 9.17) is 18.7 Å². The summed E-state index contributed by atoms with van der Waals surface area (Å²) in [7, 11) is 4.63. The maximum absolute atomic E-state index is 12.7. The monoisotopic (exact) mass is 673 g/mol. The molecule has 7 rings (SSSR count). The molecule has 50 heavy (non-hydrogen) atoms. The number of methoxy groups -OCH3 is 3. The van der Waals surface area contributed by atoms with Crippen LogP contribution in [0.25, 0.3) is 56.4 Å². The van der Waals surface area contributed by atoms with Gasteiger partial charge in [0.1, 0.15) is 17.9 Å². The third kappa shape index (κ3) is 6.27. The van der Waals surface area contributed by atoms with E-state index in [1.807, 2.05) is 18.2 Å². The number of ether oxygens (including phenoxy) is 3. The van der Waals surface area contributed by atoms with Gasteiger partial charge in [-0.3, -0.25) is 14.9 Å². The number of non-ortho nitro benzene ring substituents is 1. The summed E-state index contributed by atoms with van der Waals surface area (Å²) < 4.78 is 23.3. The Morgan fingerprint density at radius 3 is 2.30 bits per heavy atom. The molecule has 0 aliphatic carbocycles. The number of carbonyl (C=O) groups excluding carboxylic acids is 1. The number of imidazole rings is 1. The number of nitro groups is 1. The zero-order chi connectivity index (χ0) is 34.8. The van der Waals surface area contributed by atoms with E-state index in [1.54, 1.807) is 69.1 Å². The normalized spacial score (nSPS) is 11.0. The van der Waals surface area contributed by atoms with Crippen molar-refractivity contribution in [1.82, 2.24) is 35.1 Å². The number of aromatic nitrogens is 7. The maximum Gasteiger partial charge on any atom is 0.269 e. The molecule has 0 atom stereocenters. The SMILES string of the molecule is COc1cc(-c2cc(-c3nc4ncc(-c5ccc(NC(=O)Cn6cc(-c7ccc([N+](=O)[O-])cc7)nn6)cc5)cc4[nH]3)on2)cc(OC)c1OC. The molecule has 0 spiro atoms. The molecule has 0 radical (unpaired) electrons. The Hall–Kier alpha value is -7.10. The Balaban J connectivity index is 1.02. The van der Waals surface area contributed by atoms with E-state index >= 15 is 0 Å². The number of hydrogen-bond donors (Lipinski definition) is 2. The molecule has 2 N–H and O–H groups in total. The number of carbonyl (C=O) groups is 1. The van der Waals surface area contributed by atoms with Gasteiger partial charge in [-0.2, -0.15) is 0 Å². The Morgan fingerprint density at radius 2 is 1.62 bits per heavy atom. The van der Waals surface area contributed by atoms with Crippen LogP contribution in [0.2, 0.25) is 0 Å². The number of nitro benzene ring substituents is 1. The second-order valence-electron chi connectivity index (χ2n) is 10.9. The second kappa shape index (κ2) is 13.2. The van der Waals surface area contributed by atoms with Gasteiger partial charge in [0.2, 0.25) is 17.4 Å². The van der Waals surface area contributed by atoms with Crippen LogP contribution in [0.15, 0.2) is 89.7 Å². The highest BCUT2D eigenvalue weighted by atomic mass is 16.6. The van der Waals surface area contributed by atoms with Gasteiger partial charge in [0.15, 0.2) is 23.0 Å². The number of benzene rings is 3. The molecule has 0 aliphatic rings. The van der Waals surface area contributed by atoms with Crippen molar-refractivity contribution < 1.29 is 28.5 Å². The number of fused-ring (bicyclic) bond motifs is 1. The topological polar surface area (TPSA) is 198 Å². The molecule has 0 saturated heterocycles. The van der Waals surface area contributed by atoms with Crippen LogP contribution in [0.5, 0.6) is 17.2 Å². The molecule has 3 aromatic carbocycles. The predicted molar refractivity (Wildman–Crippen MR) is 181 cm³/mol. The highest BCUT2D eigenvalue weighted by Gasteiger charge is 2.19. The summed E-state index contributed by atoms with van der Waals surface area (Å²) in [4.78, 5) is 35.5. The van der Waals surface area contributed by atoms with Crippen LogP contribution in [0.3, 0.4) is 0 Å².